The number of ether oxygens (including phenoxy) is 3. The zero-order valence-electron chi connectivity index (χ0n) is 21.5. The molecule has 0 unspecified atom stereocenters. The van der Waals surface area contributed by atoms with Crippen molar-refractivity contribution in [2.24, 2.45) is 0 Å². The Labute approximate surface area is 218 Å². The number of benzene rings is 3. The fraction of sp³-hybridized carbons (Fsp3) is 0.226. The summed E-state index contributed by atoms with van der Waals surface area (Å²) in [6.07, 6.45) is 7.21. The topological polar surface area (TPSA) is 62.6 Å². The van der Waals surface area contributed by atoms with E-state index in [0.29, 0.717) is 19.4 Å². The number of aromatic nitrogens is 2. The van der Waals surface area contributed by atoms with E-state index in [9.17, 15) is 4.79 Å². The van der Waals surface area contributed by atoms with Gasteiger partial charge in [-0.2, -0.15) is 0 Å². The predicted molar refractivity (Wildman–Crippen MR) is 147 cm³/mol. The third-order valence-corrected chi connectivity index (χ3v) is 6.08. The molecule has 0 spiro atoms. The molecule has 0 fully saturated rings. The van der Waals surface area contributed by atoms with Gasteiger partial charge in [-0.15, -0.1) is 0 Å². The van der Waals surface area contributed by atoms with Crippen LogP contribution >= 0.6 is 0 Å². The lowest BCUT2D eigenvalue weighted by atomic mass is 10.0. The Hall–Kier alpha value is -4.32. The van der Waals surface area contributed by atoms with Crippen molar-refractivity contribution in [2.45, 2.75) is 26.3 Å². The summed E-state index contributed by atoms with van der Waals surface area (Å²) >= 11 is 0. The van der Waals surface area contributed by atoms with Crippen LogP contribution in [0.1, 0.15) is 31.2 Å². The van der Waals surface area contributed by atoms with E-state index in [-0.39, 0.29) is 5.97 Å². The molecular formula is C31H32N2O4. The van der Waals surface area contributed by atoms with Gasteiger partial charge in [0.05, 0.1) is 26.5 Å². The number of aryl methyl sites for hydroxylation is 1. The molecule has 6 nitrogen and oxygen atoms in total. The summed E-state index contributed by atoms with van der Waals surface area (Å²) in [6, 6.07) is 24.4. The van der Waals surface area contributed by atoms with Crippen LogP contribution in [0.3, 0.4) is 0 Å². The van der Waals surface area contributed by atoms with Gasteiger partial charge in [-0.05, 0) is 72.5 Å². The number of methoxy groups -OCH3 is 2. The van der Waals surface area contributed by atoms with Gasteiger partial charge in [0.25, 0.3) is 0 Å². The minimum Gasteiger partial charge on any atom is -0.497 e. The Morgan fingerprint density at radius 1 is 0.838 bits per heavy atom. The molecule has 0 aliphatic rings. The molecule has 0 N–H and O–H groups in total. The van der Waals surface area contributed by atoms with Crippen LogP contribution in [0.5, 0.6) is 11.5 Å². The summed E-state index contributed by atoms with van der Waals surface area (Å²) in [7, 11) is 3.06. The highest BCUT2D eigenvalue weighted by atomic mass is 16.5. The van der Waals surface area contributed by atoms with E-state index in [0.717, 1.165) is 51.8 Å². The average molecular weight is 497 g/mol. The summed E-state index contributed by atoms with van der Waals surface area (Å²) in [5.74, 6) is 2.32. The first-order chi connectivity index (χ1) is 18.1. The number of esters is 1. The molecule has 0 saturated carbocycles. The van der Waals surface area contributed by atoms with E-state index in [1.165, 1.54) is 7.11 Å². The molecule has 6 heteroatoms. The molecule has 4 aromatic rings. The van der Waals surface area contributed by atoms with Crippen molar-refractivity contribution in [2.75, 3.05) is 20.8 Å². The zero-order chi connectivity index (χ0) is 26.0. The van der Waals surface area contributed by atoms with Crippen LogP contribution in [0.4, 0.5) is 0 Å². The molecule has 37 heavy (non-hydrogen) atoms. The third kappa shape index (κ3) is 6.88. The number of rotatable bonds is 11. The van der Waals surface area contributed by atoms with Crippen molar-refractivity contribution in [3.63, 3.8) is 0 Å². The maximum absolute atomic E-state index is 11.2. The summed E-state index contributed by atoms with van der Waals surface area (Å²) < 4.78 is 17.8. The molecule has 190 valence electrons. The van der Waals surface area contributed by atoms with E-state index < -0.39 is 0 Å². The smallest absolute Gasteiger partial charge is 0.305 e. The molecule has 3 aromatic carbocycles. The zero-order valence-corrected chi connectivity index (χ0v) is 21.5. The van der Waals surface area contributed by atoms with E-state index in [1.54, 1.807) is 7.11 Å². The predicted octanol–water partition coefficient (Wildman–Crippen LogP) is 6.75. The van der Waals surface area contributed by atoms with E-state index >= 15 is 0 Å². The first-order valence-corrected chi connectivity index (χ1v) is 12.4. The molecule has 1 aromatic heterocycles. The Bertz CT molecular complexity index is 1320. The lowest BCUT2D eigenvalue weighted by molar-refractivity contribution is -0.140. The van der Waals surface area contributed by atoms with Crippen LogP contribution in [0.2, 0.25) is 0 Å². The standard InChI is InChI=1S/C31H32N2O4/c1-4-33-22-29(26-14-16-27(35-2)17-15-26)32-30(33)20-9-23-7-10-24(11-8-23)25-12-18-28(19-13-25)37-21-5-6-31(34)36-3/h7-20,22H,4-6,21H2,1-3H3. The molecule has 0 aliphatic heterocycles. The highest BCUT2D eigenvalue weighted by molar-refractivity contribution is 5.72. The molecule has 0 aliphatic carbocycles. The van der Waals surface area contributed by atoms with Gasteiger partial charge in [0.15, 0.2) is 0 Å². The minimum absolute atomic E-state index is 0.217. The van der Waals surface area contributed by atoms with Crippen LogP contribution in [-0.2, 0) is 16.1 Å². The van der Waals surface area contributed by atoms with Crippen molar-refractivity contribution in [1.29, 1.82) is 0 Å². The van der Waals surface area contributed by atoms with Crippen LogP contribution in [0.15, 0.2) is 79.0 Å². The van der Waals surface area contributed by atoms with Gasteiger partial charge in [-0.3, -0.25) is 4.79 Å². The number of hydrogen-bond acceptors (Lipinski definition) is 5. The first kappa shape index (κ1) is 25.8. The molecule has 0 radical (unpaired) electrons. The molecule has 0 bridgehead atoms. The third-order valence-electron chi connectivity index (χ3n) is 6.08. The fourth-order valence-corrected chi connectivity index (χ4v) is 3.93. The van der Waals surface area contributed by atoms with Gasteiger partial charge < -0.3 is 18.8 Å². The lowest BCUT2D eigenvalue weighted by Gasteiger charge is -2.07. The summed E-state index contributed by atoms with van der Waals surface area (Å²) in [6.45, 7) is 3.43. The van der Waals surface area contributed by atoms with Gasteiger partial charge in [-0.1, -0.05) is 42.5 Å². The van der Waals surface area contributed by atoms with E-state index in [4.69, 9.17) is 14.5 Å². The Morgan fingerprint density at radius 3 is 2.08 bits per heavy atom. The van der Waals surface area contributed by atoms with E-state index in [2.05, 4.69) is 58.8 Å². The highest BCUT2D eigenvalue weighted by Gasteiger charge is 2.07. The number of hydrogen-bond donors (Lipinski definition) is 0. The van der Waals surface area contributed by atoms with Crippen molar-refractivity contribution < 1.29 is 19.0 Å². The Balaban J connectivity index is 1.38. The lowest BCUT2D eigenvalue weighted by Crippen LogP contribution is -2.04. The molecule has 0 saturated heterocycles. The maximum atomic E-state index is 11.2. The van der Waals surface area contributed by atoms with Crippen LogP contribution in [0.25, 0.3) is 34.5 Å². The second-order valence-electron chi connectivity index (χ2n) is 8.51. The second kappa shape index (κ2) is 12.6. The molecule has 0 atom stereocenters. The number of carbonyl (C=O) groups is 1. The van der Waals surface area contributed by atoms with Crippen molar-refractivity contribution >= 4 is 18.1 Å². The van der Waals surface area contributed by atoms with Gasteiger partial charge in [0.1, 0.15) is 17.3 Å². The molecule has 1 heterocycles. The Morgan fingerprint density at radius 2 is 1.46 bits per heavy atom. The van der Waals surface area contributed by atoms with E-state index in [1.807, 2.05) is 48.5 Å². The minimum atomic E-state index is -0.217. The first-order valence-electron chi connectivity index (χ1n) is 12.4. The average Bonchev–Trinajstić information content (AvgIpc) is 3.38. The quantitative estimate of drug-likeness (QED) is 0.170. The van der Waals surface area contributed by atoms with Crippen LogP contribution < -0.4 is 9.47 Å². The van der Waals surface area contributed by atoms with Crippen molar-refractivity contribution in [3.05, 3.63) is 90.4 Å². The van der Waals surface area contributed by atoms with Crippen LogP contribution in [0, 0.1) is 0 Å². The highest BCUT2D eigenvalue weighted by Crippen LogP contribution is 2.25. The van der Waals surface area contributed by atoms with Crippen LogP contribution in [-0.4, -0.2) is 36.3 Å². The Kier molecular flexibility index (Phi) is 8.76. The SMILES string of the molecule is CCn1cc(-c2ccc(OC)cc2)nc1C=Cc1ccc(-c2ccc(OCCCC(=O)OC)cc2)cc1. The molecular weight excluding hydrogens is 464 g/mol. The maximum Gasteiger partial charge on any atom is 0.305 e. The summed E-state index contributed by atoms with van der Waals surface area (Å²) in [5.41, 5.74) is 5.35. The van der Waals surface area contributed by atoms with Gasteiger partial charge in [0.2, 0.25) is 0 Å². The fourth-order valence-electron chi connectivity index (χ4n) is 3.93. The summed E-state index contributed by atoms with van der Waals surface area (Å²) in [5, 5.41) is 0. The van der Waals surface area contributed by atoms with Crippen molar-refractivity contribution in [1.82, 2.24) is 9.55 Å². The van der Waals surface area contributed by atoms with Crippen molar-refractivity contribution in [3.8, 4) is 33.9 Å². The molecule has 4 rings (SSSR count). The number of carbonyl (C=O) groups excluding carboxylic acids is 1. The monoisotopic (exact) mass is 496 g/mol. The second-order valence-corrected chi connectivity index (χ2v) is 8.51. The normalized spacial score (nSPS) is 11.0. The van der Waals surface area contributed by atoms with Gasteiger partial charge in [0, 0.05) is 24.7 Å². The largest absolute Gasteiger partial charge is 0.497 e. The number of nitrogens with zero attached hydrogens (tertiary/aromatic N) is 2. The molecule has 0 amide bonds. The van der Waals surface area contributed by atoms with Gasteiger partial charge >= 0.3 is 5.97 Å². The summed E-state index contributed by atoms with van der Waals surface area (Å²) in [4.78, 5) is 16.0. The van der Waals surface area contributed by atoms with Gasteiger partial charge in [-0.25, -0.2) is 4.98 Å². The number of imidazole rings is 1.